The Bertz CT molecular complexity index is 685. The Balaban J connectivity index is 2.91. The highest BCUT2D eigenvalue weighted by Crippen LogP contribution is 2.29. The van der Waals surface area contributed by atoms with Crippen LogP contribution in [-0.2, 0) is 0 Å². The van der Waals surface area contributed by atoms with E-state index in [1.807, 2.05) is 5.32 Å². The molecule has 0 fully saturated rings. The molecule has 1 aromatic carbocycles. The van der Waals surface area contributed by atoms with Gasteiger partial charge in [-0.3, -0.25) is 5.32 Å². The van der Waals surface area contributed by atoms with Crippen LogP contribution in [-0.4, -0.2) is 12.4 Å². The van der Waals surface area contributed by atoms with E-state index in [-0.39, 0.29) is 5.69 Å². The standard InChI is InChI=1S/C12H8F3N5O2/c13-12(14,15)22-10-4-2-1-3-8(10)19-11(21)20-9(6-17)7(18)5-16/h1-4H,18H2,(H2,19,20,21). The first-order valence-electron chi connectivity index (χ1n) is 5.49. The molecule has 0 aliphatic rings. The summed E-state index contributed by atoms with van der Waals surface area (Å²) in [5.41, 5.74) is 3.80. The number of carbonyl (C=O) groups excluding carboxylic acids is 1. The van der Waals surface area contributed by atoms with Crippen LogP contribution in [0, 0.1) is 22.7 Å². The van der Waals surface area contributed by atoms with Crippen molar-refractivity contribution in [2.75, 3.05) is 5.32 Å². The van der Waals surface area contributed by atoms with Crippen molar-refractivity contribution in [3.05, 3.63) is 35.7 Å². The number of carbonyl (C=O) groups is 1. The molecule has 0 saturated heterocycles. The van der Waals surface area contributed by atoms with Crippen molar-refractivity contribution in [1.29, 1.82) is 10.5 Å². The average Bonchev–Trinajstić information content (AvgIpc) is 2.44. The van der Waals surface area contributed by atoms with Crippen LogP contribution in [0.15, 0.2) is 35.7 Å². The van der Waals surface area contributed by atoms with Gasteiger partial charge in [-0.2, -0.15) is 10.5 Å². The lowest BCUT2D eigenvalue weighted by Gasteiger charge is -2.14. The van der Waals surface area contributed by atoms with E-state index in [4.69, 9.17) is 16.3 Å². The number of nitrogens with one attached hydrogen (secondary N) is 2. The molecule has 0 heterocycles. The first-order valence-corrected chi connectivity index (χ1v) is 5.49. The van der Waals surface area contributed by atoms with Gasteiger partial charge in [0.15, 0.2) is 11.4 Å². The maximum Gasteiger partial charge on any atom is 0.573 e. The zero-order valence-corrected chi connectivity index (χ0v) is 10.7. The van der Waals surface area contributed by atoms with Crippen LogP contribution in [0.3, 0.4) is 0 Å². The number of alkyl halides is 3. The first kappa shape index (κ1) is 16.7. The molecule has 0 saturated carbocycles. The third-order valence-electron chi connectivity index (χ3n) is 2.10. The fourth-order valence-electron chi connectivity index (χ4n) is 1.26. The topological polar surface area (TPSA) is 124 Å². The number of benzene rings is 1. The molecule has 10 heteroatoms. The highest BCUT2D eigenvalue weighted by molar-refractivity contribution is 5.92. The Labute approximate surface area is 122 Å². The second-order valence-corrected chi connectivity index (χ2v) is 3.64. The number of hydrogen-bond acceptors (Lipinski definition) is 5. The summed E-state index contributed by atoms with van der Waals surface area (Å²) in [6.45, 7) is 0. The molecule has 1 aromatic rings. The normalized spacial score (nSPS) is 11.5. The van der Waals surface area contributed by atoms with Gasteiger partial charge in [0.1, 0.15) is 17.8 Å². The first-order chi connectivity index (χ1) is 10.3. The quantitative estimate of drug-likeness (QED) is 0.736. The number of allylic oxidation sites excluding steroid dienone is 2. The van der Waals surface area contributed by atoms with Crippen molar-refractivity contribution >= 4 is 11.7 Å². The van der Waals surface area contributed by atoms with E-state index in [1.165, 1.54) is 24.3 Å². The highest BCUT2D eigenvalue weighted by Gasteiger charge is 2.32. The number of halogens is 3. The van der Waals surface area contributed by atoms with Gasteiger partial charge in [0.25, 0.3) is 0 Å². The van der Waals surface area contributed by atoms with Crippen molar-refractivity contribution in [1.82, 2.24) is 5.32 Å². The van der Waals surface area contributed by atoms with Crippen LogP contribution in [0.25, 0.3) is 0 Å². The number of amides is 2. The van der Waals surface area contributed by atoms with Gasteiger partial charge in [0.05, 0.1) is 5.69 Å². The van der Waals surface area contributed by atoms with Gasteiger partial charge in [-0.1, -0.05) is 12.1 Å². The monoisotopic (exact) mass is 311 g/mol. The lowest BCUT2D eigenvalue weighted by molar-refractivity contribution is -0.274. The molecule has 0 aliphatic heterocycles. The molecule has 4 N–H and O–H groups in total. The minimum absolute atomic E-state index is 0.287. The van der Waals surface area contributed by atoms with Gasteiger partial charge < -0.3 is 15.8 Å². The molecule has 22 heavy (non-hydrogen) atoms. The molecule has 7 nitrogen and oxygen atoms in total. The number of rotatable bonds is 3. The van der Waals surface area contributed by atoms with E-state index in [0.717, 1.165) is 12.1 Å². The van der Waals surface area contributed by atoms with Crippen molar-refractivity contribution in [3.8, 4) is 17.9 Å². The smallest absolute Gasteiger partial charge is 0.404 e. The summed E-state index contributed by atoms with van der Waals surface area (Å²) in [7, 11) is 0. The Morgan fingerprint density at radius 1 is 1.23 bits per heavy atom. The summed E-state index contributed by atoms with van der Waals surface area (Å²) in [4.78, 5) is 11.6. The van der Waals surface area contributed by atoms with Gasteiger partial charge in [0, 0.05) is 0 Å². The van der Waals surface area contributed by atoms with Gasteiger partial charge in [-0.25, -0.2) is 4.79 Å². The lowest BCUT2D eigenvalue weighted by Crippen LogP contribution is -2.30. The summed E-state index contributed by atoms with van der Waals surface area (Å²) >= 11 is 0. The van der Waals surface area contributed by atoms with E-state index in [0.29, 0.717) is 0 Å². The fraction of sp³-hybridized carbons (Fsp3) is 0.0833. The third kappa shape index (κ3) is 4.94. The molecule has 114 valence electrons. The van der Waals surface area contributed by atoms with Crippen LogP contribution < -0.4 is 21.1 Å². The summed E-state index contributed by atoms with van der Waals surface area (Å²) < 4.78 is 40.4. The van der Waals surface area contributed by atoms with Crippen molar-refractivity contribution in [2.24, 2.45) is 5.73 Å². The predicted octanol–water partition coefficient (Wildman–Crippen LogP) is 1.92. The van der Waals surface area contributed by atoms with Crippen molar-refractivity contribution in [2.45, 2.75) is 6.36 Å². The molecule has 0 atom stereocenters. The Hall–Kier alpha value is -3.40. The number of hydrogen-bond donors (Lipinski definition) is 3. The maximum atomic E-state index is 12.2. The van der Waals surface area contributed by atoms with Gasteiger partial charge >= 0.3 is 12.4 Å². The van der Waals surface area contributed by atoms with E-state index in [1.54, 1.807) is 0 Å². The van der Waals surface area contributed by atoms with E-state index < -0.39 is 29.5 Å². The van der Waals surface area contributed by atoms with Gasteiger partial charge in [-0.05, 0) is 12.1 Å². The maximum absolute atomic E-state index is 12.2. The van der Waals surface area contributed by atoms with E-state index in [9.17, 15) is 18.0 Å². The lowest BCUT2D eigenvalue weighted by atomic mass is 10.3. The number of urea groups is 1. The number of para-hydroxylation sites is 2. The molecule has 0 aliphatic carbocycles. The predicted molar refractivity (Wildman–Crippen MR) is 67.7 cm³/mol. The van der Waals surface area contributed by atoms with Crippen LogP contribution in [0.4, 0.5) is 23.7 Å². The number of ether oxygens (including phenoxy) is 1. The van der Waals surface area contributed by atoms with Gasteiger partial charge in [0.2, 0.25) is 0 Å². The van der Waals surface area contributed by atoms with Crippen molar-refractivity contribution < 1.29 is 22.7 Å². The number of nitriles is 2. The fourth-order valence-corrected chi connectivity index (χ4v) is 1.26. The molecular formula is C12H8F3N5O2. The molecule has 0 aromatic heterocycles. The van der Waals surface area contributed by atoms with Crippen molar-refractivity contribution in [3.63, 3.8) is 0 Å². The zero-order chi connectivity index (χ0) is 16.8. The van der Waals surface area contributed by atoms with Crippen LogP contribution in [0.1, 0.15) is 0 Å². The summed E-state index contributed by atoms with van der Waals surface area (Å²) in [5.74, 6) is -0.638. The second kappa shape index (κ2) is 6.85. The van der Waals surface area contributed by atoms with E-state index >= 15 is 0 Å². The van der Waals surface area contributed by atoms with Crippen LogP contribution >= 0.6 is 0 Å². The minimum Gasteiger partial charge on any atom is -0.404 e. The summed E-state index contributed by atoms with van der Waals surface area (Å²) in [5, 5.41) is 21.2. The Morgan fingerprint density at radius 3 is 2.41 bits per heavy atom. The molecule has 0 bridgehead atoms. The highest BCUT2D eigenvalue weighted by atomic mass is 19.4. The number of anilines is 1. The number of nitrogens with zero attached hydrogens (tertiary/aromatic N) is 2. The summed E-state index contributed by atoms with van der Waals surface area (Å²) in [6.07, 6.45) is -4.93. The number of nitrogens with two attached hydrogens (primary N) is 1. The third-order valence-corrected chi connectivity index (χ3v) is 2.10. The Kier molecular flexibility index (Phi) is 5.19. The molecule has 0 radical (unpaired) electrons. The van der Waals surface area contributed by atoms with Gasteiger partial charge in [-0.15, -0.1) is 13.2 Å². The second-order valence-electron chi connectivity index (χ2n) is 3.64. The Morgan fingerprint density at radius 2 is 1.86 bits per heavy atom. The summed E-state index contributed by atoms with van der Waals surface area (Å²) in [6, 6.07) is 6.65. The van der Waals surface area contributed by atoms with Crippen LogP contribution in [0.2, 0.25) is 0 Å². The SMILES string of the molecule is N#CC(N)=C(C#N)NC(=O)Nc1ccccc1OC(F)(F)F. The average molecular weight is 311 g/mol. The zero-order valence-electron chi connectivity index (χ0n) is 10.7. The molecular weight excluding hydrogens is 303 g/mol. The molecule has 2 amide bonds. The minimum atomic E-state index is -4.93. The molecule has 0 spiro atoms. The van der Waals surface area contributed by atoms with Crippen LogP contribution in [0.5, 0.6) is 5.75 Å². The largest absolute Gasteiger partial charge is 0.573 e. The molecule has 1 rings (SSSR count). The molecule has 0 unspecified atom stereocenters. The van der Waals surface area contributed by atoms with E-state index in [2.05, 4.69) is 10.1 Å².